The van der Waals surface area contributed by atoms with Crippen LogP contribution in [0.2, 0.25) is 18.1 Å². The molecule has 2 aliphatic heterocycles. The first-order chi connectivity index (χ1) is 21.3. The van der Waals surface area contributed by atoms with E-state index in [-0.39, 0.29) is 10.9 Å². The van der Waals surface area contributed by atoms with Gasteiger partial charge in [0.2, 0.25) is 5.95 Å². The number of rotatable bonds is 6. The van der Waals surface area contributed by atoms with Crippen molar-refractivity contribution in [2.45, 2.75) is 84.2 Å². The van der Waals surface area contributed by atoms with Gasteiger partial charge in [-0.15, -0.1) is 0 Å². The lowest BCUT2D eigenvalue weighted by molar-refractivity contribution is 0.0574. The highest BCUT2D eigenvalue weighted by Gasteiger charge is 2.47. The SMILES string of the molecule is CN1CCn2nc(Nc3nccc(-c4cc(C#N)c5c(c4)[C@@](C)(CO[Si](C)(C)C(C)(C)C)CN5C(=O)OC(C)(C)C)n3)cc2C1=O. The largest absolute Gasteiger partial charge is 0.443 e. The normalized spacial score (nSPS) is 18.2. The van der Waals surface area contributed by atoms with Crippen LogP contribution in [0.5, 0.6) is 0 Å². The van der Waals surface area contributed by atoms with Crippen LogP contribution < -0.4 is 10.2 Å². The molecular formula is C33H44N8O4Si. The first kappa shape index (κ1) is 33.1. The lowest BCUT2D eigenvalue weighted by Crippen LogP contribution is -2.46. The Bertz CT molecular complexity index is 1730. The molecule has 1 atom stereocenters. The summed E-state index contributed by atoms with van der Waals surface area (Å²) in [6.07, 6.45) is 1.13. The predicted octanol–water partition coefficient (Wildman–Crippen LogP) is 6.08. The maximum absolute atomic E-state index is 13.5. The number of nitrogens with zero attached hydrogens (tertiary/aromatic N) is 7. The van der Waals surface area contributed by atoms with Crippen LogP contribution in [0.25, 0.3) is 11.3 Å². The molecule has 244 valence electrons. The van der Waals surface area contributed by atoms with E-state index >= 15 is 0 Å². The lowest BCUT2D eigenvalue weighted by atomic mass is 9.83. The van der Waals surface area contributed by atoms with Gasteiger partial charge in [-0.2, -0.15) is 10.4 Å². The summed E-state index contributed by atoms with van der Waals surface area (Å²) < 4.78 is 14.2. The van der Waals surface area contributed by atoms with Gasteiger partial charge in [0.1, 0.15) is 17.4 Å². The number of aromatic nitrogens is 4. The summed E-state index contributed by atoms with van der Waals surface area (Å²) in [5, 5.41) is 18.0. The van der Waals surface area contributed by atoms with E-state index in [9.17, 15) is 14.9 Å². The first-order valence-electron chi connectivity index (χ1n) is 15.5. The molecule has 12 nitrogen and oxygen atoms in total. The maximum atomic E-state index is 13.5. The molecule has 2 aliphatic rings. The Morgan fingerprint density at radius 3 is 2.52 bits per heavy atom. The molecule has 0 aliphatic carbocycles. The quantitative estimate of drug-likeness (QED) is 0.317. The topological polar surface area (TPSA) is 138 Å². The summed E-state index contributed by atoms with van der Waals surface area (Å²) in [4.78, 5) is 38.4. The second-order valence-electron chi connectivity index (χ2n) is 15.0. The number of carbonyl (C=O) groups excluding carboxylic acids is 2. The van der Waals surface area contributed by atoms with Crippen molar-refractivity contribution in [2.75, 3.05) is 37.0 Å². The molecule has 13 heteroatoms. The Hall–Kier alpha value is -4.28. The van der Waals surface area contributed by atoms with Crippen molar-refractivity contribution in [1.82, 2.24) is 24.6 Å². The molecule has 5 rings (SSSR count). The Balaban J connectivity index is 1.53. The van der Waals surface area contributed by atoms with Crippen LogP contribution in [0.1, 0.15) is 70.1 Å². The summed E-state index contributed by atoms with van der Waals surface area (Å²) in [5.74, 6) is 0.669. The number of hydrogen-bond donors (Lipinski definition) is 1. The molecule has 0 spiro atoms. The Labute approximate surface area is 271 Å². The summed E-state index contributed by atoms with van der Waals surface area (Å²) in [7, 11) is -0.379. The highest BCUT2D eigenvalue weighted by Crippen LogP contribution is 2.47. The van der Waals surface area contributed by atoms with Crippen molar-refractivity contribution in [2.24, 2.45) is 0 Å². The minimum Gasteiger partial charge on any atom is -0.443 e. The second kappa shape index (κ2) is 11.5. The van der Waals surface area contributed by atoms with Crippen molar-refractivity contribution in [3.05, 3.63) is 47.3 Å². The second-order valence-corrected chi connectivity index (χ2v) is 19.8. The molecule has 0 bridgehead atoms. The fraction of sp³-hybridized carbons (Fsp3) is 0.515. The van der Waals surface area contributed by atoms with E-state index in [4.69, 9.17) is 14.1 Å². The smallest absolute Gasteiger partial charge is 0.414 e. The molecule has 0 fully saturated rings. The Morgan fingerprint density at radius 1 is 1.15 bits per heavy atom. The van der Waals surface area contributed by atoms with Crippen LogP contribution in [0, 0.1) is 11.3 Å². The monoisotopic (exact) mass is 644 g/mol. The highest BCUT2D eigenvalue weighted by atomic mass is 28.4. The molecule has 46 heavy (non-hydrogen) atoms. The van der Waals surface area contributed by atoms with E-state index in [0.717, 1.165) is 5.56 Å². The Kier molecular flexibility index (Phi) is 8.28. The zero-order chi connectivity index (χ0) is 33.8. The number of benzene rings is 1. The van der Waals surface area contributed by atoms with Crippen molar-refractivity contribution in [1.29, 1.82) is 5.26 Å². The third-order valence-electron chi connectivity index (χ3n) is 9.01. The number of fused-ring (bicyclic) bond motifs is 2. The van der Waals surface area contributed by atoms with Gasteiger partial charge in [-0.1, -0.05) is 27.7 Å². The number of amides is 2. The van der Waals surface area contributed by atoms with Crippen LogP contribution in [-0.4, -0.2) is 77.3 Å². The number of anilines is 3. The molecule has 0 unspecified atom stereocenters. The van der Waals surface area contributed by atoms with Gasteiger partial charge in [-0.3, -0.25) is 14.4 Å². The number of carbonyl (C=O) groups is 2. The van der Waals surface area contributed by atoms with Gasteiger partial charge in [0.15, 0.2) is 14.1 Å². The van der Waals surface area contributed by atoms with Gasteiger partial charge >= 0.3 is 6.09 Å². The average Bonchev–Trinajstić information content (AvgIpc) is 3.51. The van der Waals surface area contributed by atoms with Crippen molar-refractivity contribution >= 4 is 37.8 Å². The predicted molar refractivity (Wildman–Crippen MR) is 179 cm³/mol. The first-order valence-corrected chi connectivity index (χ1v) is 18.4. The number of likely N-dealkylation sites (N-methyl/N-ethyl adjacent to an activating group) is 1. The standard InChI is InChI=1S/C33H44N8O4Si/c1-31(2,3)45-30(43)40-19-33(7,20-44-46(9,10)32(4,5)6)23-16-21(15-22(18-34)27(23)40)24-11-12-35-29(36-24)37-26-17-25-28(42)39(8)13-14-41(25)38-26/h11-12,15-17H,13-14,19-20H2,1-10H3,(H,35,36,37,38)/t33-/m1/s1. The summed E-state index contributed by atoms with van der Waals surface area (Å²) in [6, 6.07) is 9.52. The lowest BCUT2D eigenvalue weighted by Gasteiger charge is -2.39. The van der Waals surface area contributed by atoms with Crippen LogP contribution in [0.15, 0.2) is 30.5 Å². The van der Waals surface area contributed by atoms with Crippen LogP contribution in [0.4, 0.5) is 22.2 Å². The zero-order valence-electron chi connectivity index (χ0n) is 28.5. The van der Waals surface area contributed by atoms with E-state index in [0.29, 0.717) is 66.2 Å². The van der Waals surface area contributed by atoms with E-state index in [2.05, 4.69) is 62.3 Å². The minimum atomic E-state index is -2.14. The number of ether oxygens (including phenoxy) is 1. The van der Waals surface area contributed by atoms with Gasteiger partial charge < -0.3 is 19.4 Å². The van der Waals surface area contributed by atoms with Gasteiger partial charge in [0.05, 0.1) is 23.5 Å². The summed E-state index contributed by atoms with van der Waals surface area (Å²) in [5.41, 5.74) is 2.16. The molecule has 0 saturated heterocycles. The average molecular weight is 645 g/mol. The highest BCUT2D eigenvalue weighted by molar-refractivity contribution is 6.74. The van der Waals surface area contributed by atoms with Crippen molar-refractivity contribution < 1.29 is 18.8 Å². The van der Waals surface area contributed by atoms with E-state index in [1.54, 1.807) is 45.9 Å². The van der Waals surface area contributed by atoms with Gasteiger partial charge in [-0.25, -0.2) is 14.8 Å². The fourth-order valence-electron chi connectivity index (χ4n) is 5.34. The number of hydrogen-bond acceptors (Lipinski definition) is 9. The van der Waals surface area contributed by atoms with E-state index < -0.39 is 25.4 Å². The molecule has 3 aromatic rings. The number of nitrogens with one attached hydrogen (secondary N) is 1. The van der Waals surface area contributed by atoms with Crippen LogP contribution in [0.3, 0.4) is 0 Å². The van der Waals surface area contributed by atoms with Crippen LogP contribution in [-0.2, 0) is 21.1 Å². The molecule has 1 aromatic carbocycles. The molecular weight excluding hydrogens is 601 g/mol. The van der Waals surface area contributed by atoms with Crippen LogP contribution >= 0.6 is 0 Å². The van der Waals surface area contributed by atoms with Gasteiger partial charge in [0.25, 0.3) is 5.91 Å². The summed E-state index contributed by atoms with van der Waals surface area (Å²) >= 11 is 0. The third-order valence-corrected chi connectivity index (χ3v) is 13.5. The molecule has 0 radical (unpaired) electrons. The Morgan fingerprint density at radius 2 is 1.87 bits per heavy atom. The third kappa shape index (κ3) is 6.36. The van der Waals surface area contributed by atoms with Crippen molar-refractivity contribution in [3.8, 4) is 17.3 Å². The molecule has 4 heterocycles. The number of nitriles is 1. The zero-order valence-corrected chi connectivity index (χ0v) is 29.5. The van der Waals surface area contributed by atoms with Gasteiger partial charge in [0, 0.05) is 50.0 Å². The van der Waals surface area contributed by atoms with Crippen molar-refractivity contribution in [3.63, 3.8) is 0 Å². The van der Waals surface area contributed by atoms with Gasteiger partial charge in [-0.05, 0) is 62.7 Å². The fourth-order valence-corrected chi connectivity index (χ4v) is 6.45. The maximum Gasteiger partial charge on any atom is 0.414 e. The molecule has 0 saturated carbocycles. The molecule has 1 N–H and O–H groups in total. The molecule has 2 aromatic heterocycles. The minimum absolute atomic E-state index is 0.00275. The van der Waals surface area contributed by atoms with E-state index in [1.807, 2.05) is 26.8 Å². The van der Waals surface area contributed by atoms with E-state index in [1.165, 1.54) is 0 Å². The summed E-state index contributed by atoms with van der Waals surface area (Å²) in [6.45, 7) is 20.4. The molecule has 2 amide bonds.